The van der Waals surface area contributed by atoms with Crippen LogP contribution in [0, 0.1) is 12.8 Å². The number of aromatic nitrogens is 1. The number of hydrogen-bond donors (Lipinski definition) is 1. The second-order valence-corrected chi connectivity index (χ2v) is 5.72. The third-order valence-corrected chi connectivity index (χ3v) is 5.15. The number of thiazole rings is 1. The van der Waals surface area contributed by atoms with Crippen LogP contribution in [0.5, 0.6) is 0 Å². The van der Waals surface area contributed by atoms with Crippen molar-refractivity contribution in [2.75, 3.05) is 7.05 Å². The van der Waals surface area contributed by atoms with Crippen LogP contribution in [0.15, 0.2) is 5.38 Å². The predicted molar refractivity (Wildman–Crippen MR) is 69.8 cm³/mol. The van der Waals surface area contributed by atoms with E-state index in [-0.39, 0.29) is 5.54 Å². The number of nitrogens with one attached hydrogen (secondary N) is 1. The molecule has 0 spiro atoms. The molecule has 90 valence electrons. The minimum absolute atomic E-state index is 0.159. The smallest absolute Gasteiger partial charge is 0.113 e. The van der Waals surface area contributed by atoms with Gasteiger partial charge < -0.3 is 5.32 Å². The first-order chi connectivity index (χ1) is 7.73. The summed E-state index contributed by atoms with van der Waals surface area (Å²) in [5.41, 5.74) is 1.32. The molecular formula is C13H22N2S. The van der Waals surface area contributed by atoms with Crippen LogP contribution in [0.1, 0.15) is 49.7 Å². The van der Waals surface area contributed by atoms with Gasteiger partial charge >= 0.3 is 0 Å². The van der Waals surface area contributed by atoms with Crippen LogP contribution in [-0.2, 0) is 5.54 Å². The van der Waals surface area contributed by atoms with E-state index in [1.165, 1.54) is 37.1 Å². The molecule has 0 bridgehead atoms. The van der Waals surface area contributed by atoms with E-state index >= 15 is 0 Å². The third-order valence-electron chi connectivity index (χ3n) is 4.01. The van der Waals surface area contributed by atoms with Crippen LogP contribution in [0.3, 0.4) is 0 Å². The highest BCUT2D eigenvalue weighted by atomic mass is 32.1. The van der Waals surface area contributed by atoms with Gasteiger partial charge in [0.25, 0.3) is 0 Å². The maximum Gasteiger partial charge on any atom is 0.113 e. The van der Waals surface area contributed by atoms with E-state index in [0.717, 1.165) is 11.6 Å². The van der Waals surface area contributed by atoms with Gasteiger partial charge in [0, 0.05) is 11.1 Å². The Bertz CT molecular complexity index is 347. The molecule has 0 aromatic carbocycles. The summed E-state index contributed by atoms with van der Waals surface area (Å²) in [4.78, 5) is 4.73. The summed E-state index contributed by atoms with van der Waals surface area (Å²) in [6.07, 6.45) is 6.55. The Morgan fingerprint density at radius 3 is 2.94 bits per heavy atom. The summed E-state index contributed by atoms with van der Waals surface area (Å²) in [5.74, 6) is 0.747. The molecule has 3 heteroatoms. The zero-order chi connectivity index (χ0) is 11.6. The second-order valence-electron chi connectivity index (χ2n) is 4.87. The van der Waals surface area contributed by atoms with Crippen LogP contribution >= 0.6 is 11.3 Å². The van der Waals surface area contributed by atoms with Gasteiger partial charge in [-0.15, -0.1) is 11.3 Å². The summed E-state index contributed by atoms with van der Waals surface area (Å²) in [6.45, 7) is 4.40. The zero-order valence-electron chi connectivity index (χ0n) is 10.5. The summed E-state index contributed by atoms with van der Waals surface area (Å²) in [7, 11) is 2.10. The van der Waals surface area contributed by atoms with Crippen LogP contribution in [0.2, 0.25) is 0 Å². The van der Waals surface area contributed by atoms with E-state index in [0.29, 0.717) is 0 Å². The molecule has 16 heavy (non-hydrogen) atoms. The monoisotopic (exact) mass is 238 g/mol. The predicted octanol–water partition coefficient (Wildman–Crippen LogP) is 3.47. The Labute approximate surface area is 102 Å². The number of aryl methyl sites for hydroxylation is 1. The lowest BCUT2D eigenvalue weighted by molar-refractivity contribution is 0.145. The van der Waals surface area contributed by atoms with Gasteiger partial charge in [-0.25, -0.2) is 4.98 Å². The fourth-order valence-electron chi connectivity index (χ4n) is 3.07. The second kappa shape index (κ2) is 4.84. The van der Waals surface area contributed by atoms with Crippen molar-refractivity contribution in [1.82, 2.24) is 10.3 Å². The van der Waals surface area contributed by atoms with Crippen molar-refractivity contribution >= 4 is 11.3 Å². The van der Waals surface area contributed by atoms with Gasteiger partial charge in [0.1, 0.15) is 5.01 Å². The molecule has 2 nitrogen and oxygen atoms in total. The Morgan fingerprint density at radius 2 is 2.38 bits per heavy atom. The Morgan fingerprint density at radius 1 is 1.56 bits per heavy atom. The summed E-state index contributed by atoms with van der Waals surface area (Å²) in [5, 5.41) is 7.08. The summed E-state index contributed by atoms with van der Waals surface area (Å²) in [6, 6.07) is 0. The van der Waals surface area contributed by atoms with Crippen LogP contribution in [0.25, 0.3) is 0 Å². The maximum atomic E-state index is 4.73. The lowest BCUT2D eigenvalue weighted by atomic mass is 9.72. The number of rotatable bonds is 3. The standard InChI is InChI=1S/C13H22N2S/c1-4-11-7-5-6-8-13(11,14-3)12-15-10(2)9-16-12/h9,11,14H,4-8H2,1-3H3. The highest BCUT2D eigenvalue weighted by Gasteiger charge is 2.41. The highest BCUT2D eigenvalue weighted by Crippen LogP contribution is 2.44. The molecule has 2 unspecified atom stereocenters. The molecular weight excluding hydrogens is 216 g/mol. The summed E-state index contributed by atoms with van der Waals surface area (Å²) < 4.78 is 0. The Hall–Kier alpha value is -0.410. The highest BCUT2D eigenvalue weighted by molar-refractivity contribution is 7.09. The van der Waals surface area contributed by atoms with Gasteiger partial charge in [0.05, 0.1) is 5.54 Å². The van der Waals surface area contributed by atoms with E-state index in [4.69, 9.17) is 4.98 Å². The quantitative estimate of drug-likeness (QED) is 0.872. The van der Waals surface area contributed by atoms with Crippen LogP contribution < -0.4 is 5.32 Å². The van der Waals surface area contributed by atoms with Gasteiger partial charge in [-0.05, 0) is 32.7 Å². The average molecular weight is 238 g/mol. The molecule has 1 N–H and O–H groups in total. The van der Waals surface area contributed by atoms with Crippen molar-refractivity contribution in [2.45, 2.75) is 51.5 Å². The zero-order valence-corrected chi connectivity index (χ0v) is 11.4. The first-order valence-corrected chi connectivity index (χ1v) is 7.22. The fourth-order valence-corrected chi connectivity index (χ4v) is 4.19. The normalized spacial score (nSPS) is 30.6. The SMILES string of the molecule is CCC1CCCCC1(NC)c1nc(C)cs1. The first-order valence-electron chi connectivity index (χ1n) is 6.34. The molecule has 2 atom stereocenters. The van der Waals surface area contributed by atoms with E-state index < -0.39 is 0 Å². The molecule has 1 fully saturated rings. The minimum atomic E-state index is 0.159. The molecule has 1 saturated carbocycles. The van der Waals surface area contributed by atoms with E-state index in [2.05, 4.69) is 31.6 Å². The Kier molecular flexibility index (Phi) is 3.65. The van der Waals surface area contributed by atoms with Crippen molar-refractivity contribution in [2.24, 2.45) is 5.92 Å². The maximum absolute atomic E-state index is 4.73. The first kappa shape index (κ1) is 12.1. The van der Waals surface area contributed by atoms with E-state index in [1.807, 2.05) is 11.3 Å². The van der Waals surface area contributed by atoms with Crippen molar-refractivity contribution < 1.29 is 0 Å². The van der Waals surface area contributed by atoms with Crippen molar-refractivity contribution in [3.63, 3.8) is 0 Å². The van der Waals surface area contributed by atoms with E-state index in [9.17, 15) is 0 Å². The average Bonchev–Trinajstić information content (AvgIpc) is 2.76. The molecule has 1 aliphatic carbocycles. The molecule has 1 aromatic rings. The van der Waals surface area contributed by atoms with Gasteiger partial charge in [-0.2, -0.15) is 0 Å². The summed E-state index contributed by atoms with van der Waals surface area (Å²) >= 11 is 1.82. The molecule has 1 aliphatic rings. The van der Waals surface area contributed by atoms with Crippen LogP contribution in [-0.4, -0.2) is 12.0 Å². The topological polar surface area (TPSA) is 24.9 Å². The molecule has 1 heterocycles. The number of hydrogen-bond acceptors (Lipinski definition) is 3. The van der Waals surface area contributed by atoms with E-state index in [1.54, 1.807) is 0 Å². The van der Waals surface area contributed by atoms with Crippen molar-refractivity contribution in [3.05, 3.63) is 16.1 Å². The van der Waals surface area contributed by atoms with Gasteiger partial charge in [-0.3, -0.25) is 0 Å². The van der Waals surface area contributed by atoms with Gasteiger partial charge in [-0.1, -0.05) is 26.2 Å². The van der Waals surface area contributed by atoms with Crippen molar-refractivity contribution in [3.8, 4) is 0 Å². The van der Waals surface area contributed by atoms with Crippen LogP contribution in [0.4, 0.5) is 0 Å². The molecule has 1 aromatic heterocycles. The third kappa shape index (κ3) is 1.91. The molecule has 0 aliphatic heterocycles. The molecule has 0 saturated heterocycles. The molecule has 2 rings (SSSR count). The minimum Gasteiger partial charge on any atom is -0.308 e. The van der Waals surface area contributed by atoms with Gasteiger partial charge in [0.15, 0.2) is 0 Å². The largest absolute Gasteiger partial charge is 0.308 e. The molecule has 0 amide bonds. The van der Waals surface area contributed by atoms with Crippen molar-refractivity contribution in [1.29, 1.82) is 0 Å². The number of nitrogens with zero attached hydrogens (tertiary/aromatic N) is 1. The lowest BCUT2D eigenvalue weighted by Gasteiger charge is -2.42. The Balaban J connectivity index is 2.35. The lowest BCUT2D eigenvalue weighted by Crippen LogP contribution is -2.48. The fraction of sp³-hybridized carbons (Fsp3) is 0.769. The molecule has 0 radical (unpaired) electrons. The van der Waals surface area contributed by atoms with Gasteiger partial charge in [0.2, 0.25) is 0 Å².